The van der Waals surface area contributed by atoms with Gasteiger partial charge in [-0.3, -0.25) is 14.5 Å². The van der Waals surface area contributed by atoms with Gasteiger partial charge in [0.15, 0.2) is 0 Å². The first-order chi connectivity index (χ1) is 9.53. The number of rotatable bonds is 3. The maximum absolute atomic E-state index is 12.0. The largest absolute Gasteiger partial charge is 0.368 e. The number of carbonyl (C=O) groups is 2. The van der Waals surface area contributed by atoms with Gasteiger partial charge in [-0.25, -0.2) is 0 Å². The lowest BCUT2D eigenvalue weighted by molar-refractivity contribution is -0.203. The third kappa shape index (κ3) is 2.54. The van der Waals surface area contributed by atoms with Crippen LogP contribution in [0.1, 0.15) is 19.8 Å². The zero-order valence-electron chi connectivity index (χ0n) is 12.2. The zero-order chi connectivity index (χ0) is 14.3. The lowest BCUT2D eigenvalue weighted by Gasteiger charge is -2.55. The van der Waals surface area contributed by atoms with Crippen LogP contribution in [0.3, 0.4) is 0 Å². The number of carbonyl (C=O) groups excluding carboxylic acids is 2. The molecule has 0 radical (unpaired) electrons. The first kappa shape index (κ1) is 13.8. The van der Waals surface area contributed by atoms with Crippen LogP contribution in [-0.4, -0.2) is 73.1 Å². The van der Waals surface area contributed by atoms with Gasteiger partial charge >= 0.3 is 0 Å². The lowest BCUT2D eigenvalue weighted by Crippen LogP contribution is -2.73. The number of likely N-dealkylation sites (N-methyl/N-ethyl adjacent to an activating group) is 1. The number of morpholine rings is 1. The van der Waals surface area contributed by atoms with Crippen molar-refractivity contribution < 1.29 is 14.3 Å². The van der Waals surface area contributed by atoms with E-state index in [0.29, 0.717) is 19.7 Å². The summed E-state index contributed by atoms with van der Waals surface area (Å²) in [6.07, 6.45) is 2.54. The molecule has 0 aromatic carbocycles. The number of hydrogen-bond acceptors (Lipinski definition) is 4. The van der Waals surface area contributed by atoms with Gasteiger partial charge in [0.1, 0.15) is 11.6 Å². The molecule has 2 heterocycles. The summed E-state index contributed by atoms with van der Waals surface area (Å²) in [5.74, 6) is 0.867. The number of nitrogens with one attached hydrogen (secondary N) is 1. The summed E-state index contributed by atoms with van der Waals surface area (Å²) in [7, 11) is 1.67. The van der Waals surface area contributed by atoms with Crippen molar-refractivity contribution in [2.75, 3.05) is 39.8 Å². The SMILES string of the molecule is CNC(=O)[C@H]1COC2(CN(C(C)=O)C2)CN1CC1CC1. The summed E-state index contributed by atoms with van der Waals surface area (Å²) in [6, 6.07) is -0.183. The molecule has 1 spiro atoms. The predicted octanol–water partition coefficient (Wildman–Crippen LogP) is -0.556. The molecule has 6 heteroatoms. The summed E-state index contributed by atoms with van der Waals surface area (Å²) >= 11 is 0. The fourth-order valence-corrected chi connectivity index (χ4v) is 3.18. The highest BCUT2D eigenvalue weighted by atomic mass is 16.5. The van der Waals surface area contributed by atoms with E-state index in [1.165, 1.54) is 12.8 Å². The van der Waals surface area contributed by atoms with Crippen molar-refractivity contribution in [2.45, 2.75) is 31.4 Å². The average Bonchev–Trinajstić information content (AvgIpc) is 3.18. The number of ether oxygens (including phenoxy) is 1. The molecule has 1 saturated carbocycles. The van der Waals surface area contributed by atoms with Crippen molar-refractivity contribution >= 4 is 11.8 Å². The standard InChI is InChI=1S/C14H23N3O3/c1-10(18)17-8-14(9-17)7-16(5-11-3-4-11)12(6-20-14)13(19)15-2/h11-12H,3-9H2,1-2H3,(H,15,19)/t12-/m1/s1. The van der Waals surface area contributed by atoms with Crippen molar-refractivity contribution in [1.82, 2.24) is 15.1 Å². The molecule has 112 valence electrons. The molecule has 0 bridgehead atoms. The Morgan fingerprint density at radius 3 is 2.55 bits per heavy atom. The summed E-state index contributed by atoms with van der Waals surface area (Å²) in [5.41, 5.74) is -0.245. The highest BCUT2D eigenvalue weighted by molar-refractivity contribution is 5.81. The van der Waals surface area contributed by atoms with Crippen LogP contribution in [0.5, 0.6) is 0 Å². The van der Waals surface area contributed by atoms with Gasteiger partial charge in [-0.15, -0.1) is 0 Å². The van der Waals surface area contributed by atoms with Crippen LogP contribution in [0.2, 0.25) is 0 Å². The minimum atomic E-state index is -0.245. The maximum Gasteiger partial charge on any atom is 0.239 e. The highest BCUT2D eigenvalue weighted by Gasteiger charge is 2.51. The Bertz CT molecular complexity index is 416. The van der Waals surface area contributed by atoms with Gasteiger partial charge in [0.2, 0.25) is 11.8 Å². The van der Waals surface area contributed by atoms with Crippen molar-refractivity contribution in [2.24, 2.45) is 5.92 Å². The molecule has 2 amide bonds. The van der Waals surface area contributed by atoms with E-state index in [1.807, 2.05) is 0 Å². The van der Waals surface area contributed by atoms with E-state index in [1.54, 1.807) is 18.9 Å². The van der Waals surface area contributed by atoms with Crippen molar-refractivity contribution in [3.05, 3.63) is 0 Å². The molecule has 2 saturated heterocycles. The highest BCUT2D eigenvalue weighted by Crippen LogP contribution is 2.35. The van der Waals surface area contributed by atoms with Crippen LogP contribution in [0.25, 0.3) is 0 Å². The van der Waals surface area contributed by atoms with E-state index < -0.39 is 0 Å². The van der Waals surface area contributed by atoms with Gasteiger partial charge in [-0.05, 0) is 18.8 Å². The van der Waals surface area contributed by atoms with E-state index in [2.05, 4.69) is 10.2 Å². The lowest BCUT2D eigenvalue weighted by atomic mass is 9.90. The molecule has 3 fully saturated rings. The summed E-state index contributed by atoms with van der Waals surface area (Å²) in [5, 5.41) is 2.72. The van der Waals surface area contributed by atoms with E-state index in [9.17, 15) is 9.59 Å². The normalized spacial score (nSPS) is 29.1. The van der Waals surface area contributed by atoms with Crippen LogP contribution < -0.4 is 5.32 Å². The molecule has 0 aromatic heterocycles. The van der Waals surface area contributed by atoms with Gasteiger partial charge in [0, 0.05) is 27.1 Å². The number of likely N-dealkylation sites (tertiary alicyclic amines) is 1. The van der Waals surface area contributed by atoms with E-state index in [0.717, 1.165) is 19.0 Å². The monoisotopic (exact) mass is 281 g/mol. The number of amides is 2. The quantitative estimate of drug-likeness (QED) is 0.753. The van der Waals surface area contributed by atoms with Crippen LogP contribution in [0, 0.1) is 5.92 Å². The molecule has 1 atom stereocenters. The van der Waals surface area contributed by atoms with Gasteiger partial charge in [0.05, 0.1) is 19.7 Å². The molecule has 2 aliphatic heterocycles. The second kappa shape index (κ2) is 5.00. The van der Waals surface area contributed by atoms with Gasteiger partial charge < -0.3 is 15.0 Å². The van der Waals surface area contributed by atoms with E-state index >= 15 is 0 Å². The Morgan fingerprint density at radius 2 is 2.00 bits per heavy atom. The molecule has 6 nitrogen and oxygen atoms in total. The predicted molar refractivity (Wildman–Crippen MR) is 73.1 cm³/mol. The third-order valence-corrected chi connectivity index (χ3v) is 4.62. The zero-order valence-corrected chi connectivity index (χ0v) is 12.2. The Labute approximate surface area is 119 Å². The van der Waals surface area contributed by atoms with Crippen molar-refractivity contribution in [3.63, 3.8) is 0 Å². The van der Waals surface area contributed by atoms with Gasteiger partial charge in [0.25, 0.3) is 0 Å². The summed E-state index contributed by atoms with van der Waals surface area (Å²) < 4.78 is 5.95. The van der Waals surface area contributed by atoms with Crippen LogP contribution in [0.4, 0.5) is 0 Å². The molecule has 0 aromatic rings. The second-order valence-corrected chi connectivity index (χ2v) is 6.37. The Morgan fingerprint density at radius 1 is 1.30 bits per heavy atom. The maximum atomic E-state index is 12.0. The van der Waals surface area contributed by atoms with Crippen LogP contribution in [-0.2, 0) is 14.3 Å². The third-order valence-electron chi connectivity index (χ3n) is 4.62. The van der Waals surface area contributed by atoms with Crippen LogP contribution in [0.15, 0.2) is 0 Å². The first-order valence-electron chi connectivity index (χ1n) is 7.38. The van der Waals surface area contributed by atoms with Gasteiger partial charge in [-0.2, -0.15) is 0 Å². The fraction of sp³-hybridized carbons (Fsp3) is 0.857. The average molecular weight is 281 g/mol. The Balaban J connectivity index is 1.65. The smallest absolute Gasteiger partial charge is 0.239 e. The first-order valence-corrected chi connectivity index (χ1v) is 7.38. The van der Waals surface area contributed by atoms with Crippen molar-refractivity contribution in [3.8, 4) is 0 Å². The minimum Gasteiger partial charge on any atom is -0.368 e. The molecule has 20 heavy (non-hydrogen) atoms. The van der Waals surface area contributed by atoms with Crippen LogP contribution >= 0.6 is 0 Å². The molecule has 1 aliphatic carbocycles. The number of nitrogens with zero attached hydrogens (tertiary/aromatic N) is 2. The molecular formula is C14H23N3O3. The molecule has 0 unspecified atom stereocenters. The molecule has 1 N–H and O–H groups in total. The fourth-order valence-electron chi connectivity index (χ4n) is 3.18. The number of hydrogen-bond donors (Lipinski definition) is 1. The molecule has 3 rings (SSSR count). The molecule has 3 aliphatic rings. The summed E-state index contributed by atoms with van der Waals surface area (Å²) in [6.45, 7) is 5.06. The molecular weight excluding hydrogens is 258 g/mol. The van der Waals surface area contributed by atoms with E-state index in [4.69, 9.17) is 4.74 Å². The second-order valence-electron chi connectivity index (χ2n) is 6.37. The topological polar surface area (TPSA) is 61.9 Å². The van der Waals surface area contributed by atoms with Gasteiger partial charge in [-0.1, -0.05) is 0 Å². The minimum absolute atomic E-state index is 0.0308. The Kier molecular flexibility index (Phi) is 3.46. The Hall–Kier alpha value is -1.14. The van der Waals surface area contributed by atoms with E-state index in [-0.39, 0.29) is 23.5 Å². The summed E-state index contributed by atoms with van der Waals surface area (Å²) in [4.78, 5) is 27.4. The van der Waals surface area contributed by atoms with Crippen molar-refractivity contribution in [1.29, 1.82) is 0 Å².